The van der Waals surface area contributed by atoms with E-state index in [4.69, 9.17) is 5.73 Å². The van der Waals surface area contributed by atoms with Gasteiger partial charge in [-0.3, -0.25) is 0 Å². The van der Waals surface area contributed by atoms with Crippen LogP contribution in [-0.4, -0.2) is 0 Å². The third kappa shape index (κ3) is 10.6. The van der Waals surface area contributed by atoms with Gasteiger partial charge in [0.1, 0.15) is 0 Å². The van der Waals surface area contributed by atoms with Crippen LogP contribution in [0.4, 0.5) is 5.69 Å². The number of nitrogen functional groups attached to an aromatic ring is 1. The van der Waals surface area contributed by atoms with E-state index in [2.05, 4.69) is 206 Å². The Kier molecular flexibility index (Phi) is 17.7. The Balaban J connectivity index is 0.000000190. The van der Waals surface area contributed by atoms with Crippen LogP contribution in [0.25, 0.3) is 16.7 Å². The van der Waals surface area contributed by atoms with Crippen LogP contribution in [0.2, 0.25) is 0 Å². The van der Waals surface area contributed by atoms with Crippen LogP contribution in [0.5, 0.6) is 0 Å². The van der Waals surface area contributed by atoms with E-state index in [1.54, 1.807) is 0 Å². The van der Waals surface area contributed by atoms with Crippen LogP contribution < -0.4 is 5.73 Å². The van der Waals surface area contributed by atoms with Crippen LogP contribution in [0.1, 0.15) is 128 Å². The second-order valence-corrected chi connectivity index (χ2v) is 17.0. The van der Waals surface area contributed by atoms with Crippen molar-refractivity contribution in [2.24, 2.45) is 0 Å². The highest BCUT2D eigenvalue weighted by Gasteiger charge is 2.53. The van der Waals surface area contributed by atoms with Gasteiger partial charge in [-0.1, -0.05) is 254 Å². The lowest BCUT2D eigenvalue weighted by Crippen LogP contribution is -2.40. The number of anilines is 1. The molecule has 0 saturated carbocycles. The molecule has 0 bridgehead atoms. The summed E-state index contributed by atoms with van der Waals surface area (Å²) in [6, 6.07) is 61.0. The molecule has 332 valence electrons. The van der Waals surface area contributed by atoms with Gasteiger partial charge in [-0.15, -0.1) is 0 Å². The van der Waals surface area contributed by atoms with Crippen molar-refractivity contribution < 1.29 is 0 Å². The molecule has 1 spiro atoms. The number of rotatable bonds is 7. The van der Waals surface area contributed by atoms with Crippen molar-refractivity contribution >= 4 is 11.3 Å². The predicted octanol–water partition coefficient (Wildman–Crippen LogP) is 17.6. The number of hydrogen-bond acceptors (Lipinski definition) is 1. The number of fused-ring (bicyclic) bond motifs is 9. The van der Waals surface area contributed by atoms with E-state index < -0.39 is 0 Å². The van der Waals surface area contributed by atoms with E-state index in [0.717, 1.165) is 24.1 Å². The molecule has 2 N–H and O–H groups in total. The van der Waals surface area contributed by atoms with Gasteiger partial charge in [0.25, 0.3) is 0 Å². The third-order valence-corrected chi connectivity index (χ3v) is 12.5. The zero-order valence-corrected chi connectivity index (χ0v) is 40.5. The fourth-order valence-corrected chi connectivity index (χ4v) is 9.45. The standard InChI is InChI=1S/C29H24.C20H22.C7H12.C6H7N.C2H6/c1-19-16-17-23-21(18-19)20-10-4-5-11-22(20)29(23)26-14-8-6-12-24(26)28(2,3)25-13-7-9-15-27(25)29;1-5-16(4)19-13-12-15(3)14-20(19)18(6-2)17-10-8-7-9-11-17;1-3-5-7-6-4-2;7-6-4-2-1-3-5-6;1-2/h4-18H,1-3H3;5,7-14,18H,1,4,6H2,2-3H3;3,5-7H,4H2,1-2H3;1-5H,7H2;1-2H3/b;;5-3-,7-6-;;. The van der Waals surface area contributed by atoms with E-state index in [1.807, 2.05) is 69.3 Å². The molecule has 0 fully saturated rings. The van der Waals surface area contributed by atoms with Gasteiger partial charge in [0, 0.05) is 17.0 Å². The number of aryl methyl sites for hydroxylation is 2. The van der Waals surface area contributed by atoms with E-state index in [1.165, 1.54) is 72.3 Å². The minimum Gasteiger partial charge on any atom is -0.399 e. The Morgan fingerprint density at radius 1 is 0.585 bits per heavy atom. The summed E-state index contributed by atoms with van der Waals surface area (Å²) in [5.41, 5.74) is 24.7. The molecule has 1 unspecified atom stereocenters. The van der Waals surface area contributed by atoms with Gasteiger partial charge in [0.15, 0.2) is 0 Å². The Morgan fingerprint density at radius 3 is 1.60 bits per heavy atom. The summed E-state index contributed by atoms with van der Waals surface area (Å²) in [6.45, 7) is 27.4. The van der Waals surface area contributed by atoms with Crippen molar-refractivity contribution in [3.63, 3.8) is 0 Å². The Hall–Kier alpha value is -6.70. The van der Waals surface area contributed by atoms with Crippen molar-refractivity contribution in [1.82, 2.24) is 0 Å². The molecule has 1 nitrogen and oxygen atoms in total. The van der Waals surface area contributed by atoms with Crippen molar-refractivity contribution in [2.75, 3.05) is 5.73 Å². The molecule has 0 saturated heterocycles. The van der Waals surface area contributed by atoms with Gasteiger partial charge in [-0.2, -0.15) is 0 Å². The number of hydrogen-bond donors (Lipinski definition) is 1. The maximum absolute atomic E-state index is 5.36. The minimum absolute atomic E-state index is 0.0270. The molecule has 2 aliphatic carbocycles. The number of allylic oxidation sites excluding steroid dienone is 6. The molecule has 1 heteroatoms. The van der Waals surface area contributed by atoms with E-state index in [9.17, 15) is 0 Å². The zero-order chi connectivity index (χ0) is 47.0. The maximum atomic E-state index is 5.36. The van der Waals surface area contributed by atoms with E-state index in [-0.39, 0.29) is 10.8 Å². The van der Waals surface area contributed by atoms with Gasteiger partial charge in [0.05, 0.1) is 5.41 Å². The molecule has 2 aliphatic rings. The first-order valence-corrected chi connectivity index (χ1v) is 23.5. The van der Waals surface area contributed by atoms with Crippen LogP contribution >= 0.6 is 0 Å². The average molecular weight is 854 g/mol. The highest BCUT2D eigenvalue weighted by atomic mass is 14.5. The predicted molar refractivity (Wildman–Crippen MR) is 286 cm³/mol. The first kappa shape index (κ1) is 49.3. The third-order valence-electron chi connectivity index (χ3n) is 12.5. The molecule has 1 atom stereocenters. The van der Waals surface area contributed by atoms with Crippen LogP contribution in [-0.2, 0) is 10.8 Å². The smallest absolute Gasteiger partial charge is 0.0719 e. The molecule has 0 heterocycles. The molecule has 7 aromatic carbocycles. The van der Waals surface area contributed by atoms with Crippen LogP contribution in [0.3, 0.4) is 0 Å². The van der Waals surface area contributed by atoms with Crippen molar-refractivity contribution in [3.8, 4) is 11.1 Å². The molecular weight excluding hydrogens is 783 g/mol. The molecule has 65 heavy (non-hydrogen) atoms. The van der Waals surface area contributed by atoms with Gasteiger partial charge >= 0.3 is 0 Å². The van der Waals surface area contributed by atoms with Crippen LogP contribution in [0, 0.1) is 13.8 Å². The van der Waals surface area contributed by atoms with E-state index in [0.29, 0.717) is 5.92 Å². The normalized spacial score (nSPS) is 13.4. The molecule has 7 aromatic rings. The van der Waals surface area contributed by atoms with E-state index >= 15 is 0 Å². The van der Waals surface area contributed by atoms with Gasteiger partial charge in [-0.05, 0) is 113 Å². The van der Waals surface area contributed by atoms with Gasteiger partial charge in [0.2, 0.25) is 0 Å². The van der Waals surface area contributed by atoms with Crippen molar-refractivity contribution in [2.45, 2.75) is 91.9 Å². The summed E-state index contributed by atoms with van der Waals surface area (Å²) in [7, 11) is 0. The summed E-state index contributed by atoms with van der Waals surface area (Å²) in [5, 5.41) is 0. The zero-order valence-electron chi connectivity index (χ0n) is 40.5. The topological polar surface area (TPSA) is 26.0 Å². The lowest BCUT2D eigenvalue weighted by molar-refractivity contribution is 0.563. The van der Waals surface area contributed by atoms with Crippen molar-refractivity contribution in [3.05, 3.63) is 275 Å². The number of nitrogens with two attached hydrogens (primary N) is 1. The first-order chi connectivity index (χ1) is 31.5. The Morgan fingerprint density at radius 2 is 1.08 bits per heavy atom. The monoisotopic (exact) mass is 854 g/mol. The lowest BCUT2D eigenvalue weighted by atomic mass is 9.55. The first-order valence-electron chi connectivity index (χ1n) is 23.5. The molecule has 0 radical (unpaired) electrons. The highest BCUT2D eigenvalue weighted by Crippen LogP contribution is 2.62. The second-order valence-electron chi connectivity index (χ2n) is 17.0. The van der Waals surface area contributed by atoms with Gasteiger partial charge in [-0.25, -0.2) is 0 Å². The Bertz CT molecular complexity index is 2640. The molecule has 0 amide bonds. The van der Waals surface area contributed by atoms with Crippen molar-refractivity contribution in [1.29, 1.82) is 0 Å². The summed E-state index contributed by atoms with van der Waals surface area (Å²) < 4.78 is 0. The largest absolute Gasteiger partial charge is 0.399 e. The maximum Gasteiger partial charge on any atom is 0.0719 e. The van der Waals surface area contributed by atoms with Gasteiger partial charge < -0.3 is 5.73 Å². The average Bonchev–Trinajstić information content (AvgIpc) is 3.63. The Labute approximate surface area is 392 Å². The summed E-state index contributed by atoms with van der Waals surface area (Å²) in [5.74, 6) is 0.405. The second kappa shape index (κ2) is 23.3. The minimum atomic E-state index is -0.248. The number of benzene rings is 7. The molecule has 0 aromatic heterocycles. The number of para-hydroxylation sites is 1. The fraction of sp³-hybridized carbons (Fsp3) is 0.219. The van der Waals surface area contributed by atoms with Crippen LogP contribution in [0.15, 0.2) is 213 Å². The quantitative estimate of drug-likeness (QED) is 0.125. The molecular formula is C64H71N. The fourth-order valence-electron chi connectivity index (χ4n) is 9.45. The summed E-state index contributed by atoms with van der Waals surface area (Å²) in [6.07, 6.45) is 12.3. The summed E-state index contributed by atoms with van der Waals surface area (Å²) >= 11 is 0. The highest BCUT2D eigenvalue weighted by molar-refractivity contribution is 5.88. The SMILES string of the molecule is C/C=C\C=C/CC.C=CC(=C)c1ccc(C)cc1C(CC)c1ccccc1.CC.Cc1ccc2c(c1)-c1ccccc1C21c2ccccc2C(C)(C)c2ccccc21.Nc1ccccc1. The summed E-state index contributed by atoms with van der Waals surface area (Å²) in [4.78, 5) is 0. The molecule has 0 aliphatic heterocycles. The lowest BCUT2D eigenvalue weighted by Gasteiger charge is -2.46. The molecule has 9 rings (SSSR count).